The van der Waals surface area contributed by atoms with Gasteiger partial charge in [0.25, 0.3) is 0 Å². The Labute approximate surface area is 612 Å². The number of para-hydroxylation sites is 3. The number of rotatable bonds is 46. The van der Waals surface area contributed by atoms with Crippen LogP contribution in [0.25, 0.3) is 32.7 Å². The van der Waals surface area contributed by atoms with Gasteiger partial charge in [-0.15, -0.1) is 0 Å². The first-order valence-corrected chi connectivity index (χ1v) is 36.7. The summed E-state index contributed by atoms with van der Waals surface area (Å²) >= 11 is 0. The van der Waals surface area contributed by atoms with Crippen molar-refractivity contribution in [2.24, 2.45) is 40.1 Å². The number of carbonyl (C=O) groups excluding carboxylic acids is 9. The zero-order valence-corrected chi connectivity index (χ0v) is 59.7. The fraction of sp³-hybridized carbons (Fsp3) is 0.423. The van der Waals surface area contributed by atoms with Crippen molar-refractivity contribution < 1.29 is 43.2 Å². The highest BCUT2D eigenvalue weighted by Gasteiger charge is 2.39. The summed E-state index contributed by atoms with van der Waals surface area (Å²) in [7, 11) is 0. The fourth-order valence-corrected chi connectivity index (χ4v) is 13.2. The Hall–Kier alpha value is -10.3. The van der Waals surface area contributed by atoms with E-state index in [4.69, 9.17) is 40.1 Å². The molecule has 5 aromatic carbocycles. The summed E-state index contributed by atoms with van der Waals surface area (Å²) in [5.41, 5.74) is 47.2. The summed E-state index contributed by atoms with van der Waals surface area (Å²) in [5, 5.41) is 25.7. The van der Waals surface area contributed by atoms with Crippen LogP contribution in [-0.2, 0) is 62.4 Å². The molecule has 0 radical (unpaired) electrons. The number of nitrogens with two attached hydrogens (primary N) is 7. The first kappa shape index (κ1) is 80.4. The van der Waals surface area contributed by atoms with Crippen LogP contribution >= 0.6 is 0 Å². The van der Waals surface area contributed by atoms with E-state index >= 15 is 28.8 Å². The minimum Gasteiger partial charge on any atom is -0.368 e. The van der Waals surface area contributed by atoms with Crippen molar-refractivity contribution in [1.82, 2.24) is 57.5 Å². The minimum atomic E-state index is -1.46. The van der Waals surface area contributed by atoms with Gasteiger partial charge in [-0.1, -0.05) is 122 Å². The summed E-state index contributed by atoms with van der Waals surface area (Å²) in [6.45, 7) is 1.59. The highest BCUT2D eigenvalue weighted by molar-refractivity contribution is 6.00. The predicted molar refractivity (Wildman–Crippen MR) is 408 cm³/mol. The molecule has 0 aliphatic carbocycles. The highest BCUT2D eigenvalue weighted by Crippen LogP contribution is 2.30. The summed E-state index contributed by atoms with van der Waals surface area (Å²) in [6, 6.07) is 28.9. The van der Waals surface area contributed by atoms with Crippen LogP contribution in [0.1, 0.15) is 130 Å². The molecular weight excluding hydrogens is 1330 g/mol. The maximum Gasteiger partial charge on any atom is 0.244 e. The molecule has 0 bridgehead atoms. The molecule has 9 amide bonds. The van der Waals surface area contributed by atoms with Gasteiger partial charge < -0.3 is 97.6 Å². The molecule has 8 aromatic rings. The molecule has 0 aliphatic heterocycles. The molecule has 3 aromatic heterocycles. The number of H-pyrrole nitrogens is 3. The lowest BCUT2D eigenvalue weighted by Crippen LogP contribution is -2.61. The largest absolute Gasteiger partial charge is 0.368 e. The molecule has 105 heavy (non-hydrogen) atoms. The molecule has 0 saturated carbocycles. The van der Waals surface area contributed by atoms with Crippen LogP contribution < -0.4 is 82.7 Å². The molecule has 1 unspecified atom stereocenters. The molecule has 0 saturated heterocycles. The molecule has 3 heterocycles. The Morgan fingerprint density at radius 2 is 0.581 bits per heavy atom. The Kier molecular flexibility index (Phi) is 32.1. The van der Waals surface area contributed by atoms with E-state index in [1.807, 2.05) is 133 Å². The Morgan fingerprint density at radius 3 is 0.933 bits per heavy atom. The maximum atomic E-state index is 15.9. The number of benzene rings is 5. The number of hydrogen-bond donors (Lipinski definition) is 18. The number of aromatic nitrogens is 3. The van der Waals surface area contributed by atoms with Gasteiger partial charge in [0.1, 0.15) is 48.3 Å². The quantitative estimate of drug-likeness (QED) is 0.0243. The number of nitrogens with one attached hydrogen (secondary N) is 11. The normalized spacial score (nSPS) is 14.0. The van der Waals surface area contributed by atoms with Crippen LogP contribution in [0.4, 0.5) is 0 Å². The van der Waals surface area contributed by atoms with Crippen molar-refractivity contribution in [2.45, 2.75) is 176 Å². The number of hydrogen-bond acceptors (Lipinski definition) is 15. The highest BCUT2D eigenvalue weighted by atomic mass is 16.2. The molecule has 0 spiro atoms. The third-order valence-corrected chi connectivity index (χ3v) is 19.1. The summed E-state index contributed by atoms with van der Waals surface area (Å²) in [5.74, 6) is -7.48. The smallest absolute Gasteiger partial charge is 0.244 e. The number of aromatic amines is 3. The number of primary amides is 1. The Balaban J connectivity index is 1.12. The van der Waals surface area contributed by atoms with E-state index in [1.165, 1.54) is 0 Å². The molecule has 562 valence electrons. The SMILES string of the molecule is NCCCC[C@H](NC(=O)[C@H](Cc1c[nH]c2ccccc12)NC(=O)[C@H](Cc1c[nH]c2ccccc12)NC(=O)[C@H](CCCCN)NC(=O)[C@H](CCCCN)NC(=O)[C@H](Cc1c[nH]c2ccccc12)NC(=O)C(NC(=O)[C@H](CCCCN)NC(=O)[C@@H](N)CCCCN)C(c1ccccc1)c1ccccc1)C(N)=O. The molecule has 8 rings (SSSR count). The first-order valence-electron chi connectivity index (χ1n) is 36.7. The molecule has 0 fully saturated rings. The fourth-order valence-electron chi connectivity index (χ4n) is 13.2. The summed E-state index contributed by atoms with van der Waals surface area (Å²) in [4.78, 5) is 143. The third-order valence-electron chi connectivity index (χ3n) is 19.1. The van der Waals surface area contributed by atoms with Gasteiger partial charge in [0, 0.05) is 76.5 Å². The van der Waals surface area contributed by atoms with Gasteiger partial charge in [0.05, 0.1) is 6.04 Å². The number of unbranched alkanes of at least 4 members (excludes halogenated alkanes) is 5. The second kappa shape index (κ2) is 41.9. The molecule has 9 atom stereocenters. The zero-order valence-electron chi connectivity index (χ0n) is 59.7. The third kappa shape index (κ3) is 23.6. The predicted octanol–water partition coefficient (Wildman–Crippen LogP) is 3.33. The van der Waals surface area contributed by atoms with Gasteiger partial charge in [-0.05, 0) is 169 Å². The van der Waals surface area contributed by atoms with Crippen LogP contribution in [0.3, 0.4) is 0 Å². The van der Waals surface area contributed by atoms with Crippen LogP contribution in [-0.4, -0.2) is 155 Å². The molecular formula is C78H106N18O9. The van der Waals surface area contributed by atoms with Gasteiger partial charge >= 0.3 is 0 Å². The van der Waals surface area contributed by atoms with Crippen LogP contribution in [0, 0.1) is 0 Å². The monoisotopic (exact) mass is 1440 g/mol. The topological polar surface area (TPSA) is 479 Å². The molecule has 25 N–H and O–H groups in total. The van der Waals surface area contributed by atoms with Gasteiger partial charge in [0.2, 0.25) is 53.2 Å². The number of fused-ring (bicyclic) bond motifs is 3. The van der Waals surface area contributed by atoms with Gasteiger partial charge in [-0.25, -0.2) is 0 Å². The van der Waals surface area contributed by atoms with Crippen molar-refractivity contribution in [3.63, 3.8) is 0 Å². The lowest BCUT2D eigenvalue weighted by Gasteiger charge is -2.32. The van der Waals surface area contributed by atoms with Crippen LogP contribution in [0.15, 0.2) is 152 Å². The van der Waals surface area contributed by atoms with E-state index in [-0.39, 0.29) is 58.0 Å². The van der Waals surface area contributed by atoms with Gasteiger partial charge in [-0.2, -0.15) is 0 Å². The van der Waals surface area contributed by atoms with Crippen molar-refractivity contribution in [2.75, 3.05) is 32.7 Å². The second-order valence-electron chi connectivity index (χ2n) is 26.8. The summed E-state index contributed by atoms with van der Waals surface area (Å²) < 4.78 is 0. The minimum absolute atomic E-state index is 0.0193. The Morgan fingerprint density at radius 1 is 0.305 bits per heavy atom. The summed E-state index contributed by atoms with van der Waals surface area (Å²) in [6.07, 6.45) is 10.4. The standard InChI is InChI=1S/C78H106N18O9/c79-38-18-13-30-57(84)71(98)90-64(37-17-22-42-83)74(101)96-69(68(49-23-3-1-4-24-49)50-25-5-2-6-26-50)78(105)95-67(45-53-48-88-60-33-12-9-29-56(53)60)76(103)92-62(35-15-20-40-81)72(99)91-63(36-16-21-41-82)73(100)93-66(44-52-47-87-59-32-11-8-28-55(52)59)77(104)94-65(43-51-46-86-58-31-10-7-27-54(51)58)75(102)89-61(70(85)97)34-14-19-39-80/h1-12,23-29,31-33,46-48,57,61-69,86-88H,13-22,30,34-45,79-84H2,(H2,85,97)(H,89,102)(H,90,98)(H,91,99)(H,92,103)(H,93,100)(H,94,104)(H,95,105)(H,96,101)/t57-,61-,62-,63-,64-,65-,66-,67-,69?/m0/s1. The van der Waals surface area contributed by atoms with Crippen molar-refractivity contribution in [3.05, 3.63) is 180 Å². The van der Waals surface area contributed by atoms with E-state index in [0.29, 0.717) is 118 Å². The molecule has 27 heteroatoms. The zero-order chi connectivity index (χ0) is 75.0. The van der Waals surface area contributed by atoms with Crippen molar-refractivity contribution in [3.8, 4) is 0 Å². The van der Waals surface area contributed by atoms with Crippen LogP contribution in [0.5, 0.6) is 0 Å². The van der Waals surface area contributed by atoms with E-state index in [0.717, 1.165) is 32.7 Å². The Bertz CT molecular complexity index is 4070. The first-order chi connectivity index (χ1) is 50.9. The van der Waals surface area contributed by atoms with Crippen molar-refractivity contribution >= 4 is 85.9 Å². The number of carbonyl (C=O) groups is 9. The van der Waals surface area contributed by atoms with Crippen molar-refractivity contribution in [1.29, 1.82) is 0 Å². The van der Waals surface area contributed by atoms with Crippen LogP contribution in [0.2, 0.25) is 0 Å². The molecule has 0 aliphatic rings. The maximum absolute atomic E-state index is 15.9. The number of amides is 9. The van der Waals surface area contributed by atoms with E-state index < -0.39 is 113 Å². The van der Waals surface area contributed by atoms with E-state index in [1.54, 1.807) is 18.6 Å². The van der Waals surface area contributed by atoms with Gasteiger partial charge in [-0.3, -0.25) is 43.2 Å². The molecule has 27 nitrogen and oxygen atoms in total. The lowest BCUT2D eigenvalue weighted by molar-refractivity contribution is -0.136. The van der Waals surface area contributed by atoms with Gasteiger partial charge in [0.15, 0.2) is 0 Å². The average Bonchev–Trinajstić information content (AvgIpc) is 1.79. The van der Waals surface area contributed by atoms with E-state index in [2.05, 4.69) is 57.5 Å². The van der Waals surface area contributed by atoms with E-state index in [9.17, 15) is 14.4 Å². The average molecular weight is 1440 g/mol. The second-order valence-corrected chi connectivity index (χ2v) is 26.8. The lowest BCUT2D eigenvalue weighted by atomic mass is 9.84.